The first-order valence-electron chi connectivity index (χ1n) is 11.7. The van der Waals surface area contributed by atoms with Gasteiger partial charge in [0.05, 0.1) is 0 Å². The highest BCUT2D eigenvalue weighted by Crippen LogP contribution is 2.38. The summed E-state index contributed by atoms with van der Waals surface area (Å²) < 4.78 is 2.09. The fourth-order valence-corrected chi connectivity index (χ4v) is 6.47. The van der Waals surface area contributed by atoms with E-state index in [9.17, 15) is 9.59 Å². The summed E-state index contributed by atoms with van der Waals surface area (Å²) in [4.78, 5) is 28.5. The lowest BCUT2D eigenvalue weighted by Gasteiger charge is -2.44. The molecule has 3 heterocycles. The molecule has 1 aromatic heterocycles. The minimum atomic E-state index is 0.253. The molecule has 2 aliphatic heterocycles. The average Bonchev–Trinajstić information content (AvgIpc) is 2.75. The van der Waals surface area contributed by atoms with Crippen LogP contribution in [-0.4, -0.2) is 28.5 Å². The summed E-state index contributed by atoms with van der Waals surface area (Å²) in [5, 5.41) is 0. The Balaban J connectivity index is 1.37. The summed E-state index contributed by atoms with van der Waals surface area (Å²) >= 11 is 0. The molecule has 1 amide bonds. The van der Waals surface area contributed by atoms with E-state index in [1.165, 1.54) is 57.1 Å². The summed E-state index contributed by atoms with van der Waals surface area (Å²) in [7, 11) is 0. The quantitative estimate of drug-likeness (QED) is 0.760. The number of aromatic nitrogens is 1. The third kappa shape index (κ3) is 3.33. The van der Waals surface area contributed by atoms with Crippen LogP contribution in [0.25, 0.3) is 0 Å². The largest absolute Gasteiger partial charge is 0.341 e. The Kier molecular flexibility index (Phi) is 5.06. The van der Waals surface area contributed by atoms with Crippen LogP contribution < -0.4 is 5.56 Å². The molecule has 2 aliphatic carbocycles. The third-order valence-corrected chi connectivity index (χ3v) is 7.94. The first-order valence-corrected chi connectivity index (χ1v) is 11.7. The molecule has 2 atom stereocenters. The van der Waals surface area contributed by atoms with Crippen molar-refractivity contribution < 1.29 is 4.79 Å². The van der Waals surface area contributed by atoms with Crippen LogP contribution in [0.4, 0.5) is 0 Å². The van der Waals surface area contributed by atoms with Gasteiger partial charge < -0.3 is 9.47 Å². The van der Waals surface area contributed by atoms with E-state index in [0.29, 0.717) is 23.7 Å². The Morgan fingerprint density at radius 1 is 0.821 bits per heavy atom. The van der Waals surface area contributed by atoms with Gasteiger partial charge in [-0.25, -0.2) is 0 Å². The lowest BCUT2D eigenvalue weighted by molar-refractivity contribution is -0.139. The lowest BCUT2D eigenvalue weighted by atomic mass is 9.80. The van der Waals surface area contributed by atoms with Gasteiger partial charge in [0, 0.05) is 42.7 Å². The summed E-state index contributed by atoms with van der Waals surface area (Å²) in [6, 6.07) is 4.35. The van der Waals surface area contributed by atoms with Crippen LogP contribution in [0.1, 0.15) is 93.7 Å². The first-order chi connectivity index (χ1) is 13.7. The maximum atomic E-state index is 13.3. The van der Waals surface area contributed by atoms with Gasteiger partial charge in [0.1, 0.15) is 0 Å². The molecule has 4 heteroatoms. The fraction of sp³-hybridized carbons (Fsp3) is 0.750. The Morgan fingerprint density at radius 2 is 1.54 bits per heavy atom. The van der Waals surface area contributed by atoms with Crippen LogP contribution in [-0.2, 0) is 11.3 Å². The molecular weight excluding hydrogens is 348 g/mol. The summed E-state index contributed by atoms with van der Waals surface area (Å²) in [5.74, 6) is 1.89. The Bertz CT molecular complexity index is 786. The highest BCUT2D eigenvalue weighted by molar-refractivity contribution is 5.79. The zero-order chi connectivity index (χ0) is 19.1. The second kappa shape index (κ2) is 7.68. The number of likely N-dealkylation sites (tertiary alicyclic amines) is 1. The molecule has 0 N–H and O–H groups in total. The van der Waals surface area contributed by atoms with Crippen molar-refractivity contribution >= 4 is 5.91 Å². The van der Waals surface area contributed by atoms with Gasteiger partial charge in [-0.05, 0) is 50.0 Å². The van der Waals surface area contributed by atoms with E-state index < -0.39 is 0 Å². The zero-order valence-corrected chi connectivity index (χ0v) is 17.1. The van der Waals surface area contributed by atoms with Crippen LogP contribution in [0.3, 0.4) is 0 Å². The van der Waals surface area contributed by atoms with Crippen LogP contribution in [0.5, 0.6) is 0 Å². The molecule has 3 fully saturated rings. The molecule has 4 aliphatic rings. The zero-order valence-electron chi connectivity index (χ0n) is 17.1. The molecular formula is C24H34N2O2. The summed E-state index contributed by atoms with van der Waals surface area (Å²) in [6.45, 7) is 2.47. The third-order valence-electron chi connectivity index (χ3n) is 7.94. The van der Waals surface area contributed by atoms with Gasteiger partial charge in [0.15, 0.2) is 0 Å². The SMILES string of the molecule is O=C(C1CCCCC1)N1C[C@@H]2C[C@H](C1)c1ccc(C3CCCCC3)c(=O)n1C2. The number of rotatable bonds is 2. The van der Waals surface area contributed by atoms with Crippen molar-refractivity contribution in [3.63, 3.8) is 0 Å². The van der Waals surface area contributed by atoms with E-state index in [0.717, 1.165) is 44.5 Å². The molecule has 152 valence electrons. The molecule has 0 unspecified atom stereocenters. The van der Waals surface area contributed by atoms with Gasteiger partial charge >= 0.3 is 0 Å². The normalized spacial score (nSPS) is 28.8. The maximum Gasteiger partial charge on any atom is 0.254 e. The van der Waals surface area contributed by atoms with E-state index in [4.69, 9.17) is 0 Å². The molecule has 0 radical (unpaired) electrons. The van der Waals surface area contributed by atoms with Gasteiger partial charge in [-0.1, -0.05) is 44.6 Å². The fourth-order valence-electron chi connectivity index (χ4n) is 6.47. The molecule has 28 heavy (non-hydrogen) atoms. The van der Waals surface area contributed by atoms with Crippen molar-refractivity contribution in [2.45, 2.75) is 89.0 Å². The number of fused-ring (bicyclic) bond motifs is 4. The second-order valence-corrected chi connectivity index (χ2v) is 9.84. The van der Waals surface area contributed by atoms with E-state index in [1.807, 2.05) is 0 Å². The van der Waals surface area contributed by atoms with Crippen molar-refractivity contribution in [3.05, 3.63) is 33.7 Å². The minimum absolute atomic E-state index is 0.253. The van der Waals surface area contributed by atoms with E-state index >= 15 is 0 Å². The van der Waals surface area contributed by atoms with Crippen molar-refractivity contribution in [3.8, 4) is 0 Å². The lowest BCUT2D eigenvalue weighted by Crippen LogP contribution is -2.51. The predicted molar refractivity (Wildman–Crippen MR) is 111 cm³/mol. The smallest absolute Gasteiger partial charge is 0.254 e. The summed E-state index contributed by atoms with van der Waals surface area (Å²) in [5.41, 5.74) is 2.51. The van der Waals surface area contributed by atoms with Crippen LogP contribution in [0, 0.1) is 11.8 Å². The number of piperidine rings is 1. The monoisotopic (exact) mass is 382 g/mol. The molecule has 1 aromatic rings. The number of hydrogen-bond acceptors (Lipinski definition) is 2. The Morgan fingerprint density at radius 3 is 2.29 bits per heavy atom. The van der Waals surface area contributed by atoms with E-state index in [-0.39, 0.29) is 11.5 Å². The van der Waals surface area contributed by atoms with Crippen molar-refractivity contribution in [2.75, 3.05) is 13.1 Å². The van der Waals surface area contributed by atoms with Crippen molar-refractivity contribution in [1.29, 1.82) is 0 Å². The minimum Gasteiger partial charge on any atom is -0.341 e. The molecule has 4 nitrogen and oxygen atoms in total. The maximum absolute atomic E-state index is 13.3. The molecule has 2 saturated carbocycles. The highest BCUT2D eigenvalue weighted by atomic mass is 16.2. The van der Waals surface area contributed by atoms with Gasteiger partial charge in [-0.3, -0.25) is 9.59 Å². The predicted octanol–water partition coefficient (Wildman–Crippen LogP) is 4.42. The van der Waals surface area contributed by atoms with Crippen LogP contribution in [0.2, 0.25) is 0 Å². The van der Waals surface area contributed by atoms with Gasteiger partial charge in [-0.2, -0.15) is 0 Å². The number of carbonyl (C=O) groups is 1. The molecule has 1 saturated heterocycles. The second-order valence-electron chi connectivity index (χ2n) is 9.84. The molecule has 5 rings (SSSR count). The number of amides is 1. The van der Waals surface area contributed by atoms with Crippen molar-refractivity contribution in [2.24, 2.45) is 11.8 Å². The number of carbonyl (C=O) groups excluding carboxylic acids is 1. The van der Waals surface area contributed by atoms with Gasteiger partial charge in [-0.15, -0.1) is 0 Å². The standard InChI is InChI=1S/C24H34N2O2/c27-23(19-9-5-2-6-10-19)25-14-17-13-20(16-25)22-12-11-21(24(28)26(22)15-17)18-7-3-1-4-8-18/h11-12,17-20H,1-10,13-16H2/t17-,20+/m0/s1. The van der Waals surface area contributed by atoms with E-state index in [1.54, 1.807) is 0 Å². The van der Waals surface area contributed by atoms with Gasteiger partial charge in [0.2, 0.25) is 5.91 Å². The van der Waals surface area contributed by atoms with Crippen molar-refractivity contribution in [1.82, 2.24) is 9.47 Å². The number of pyridine rings is 1. The number of nitrogens with zero attached hydrogens (tertiary/aromatic N) is 2. The summed E-state index contributed by atoms with van der Waals surface area (Å²) in [6.07, 6.45) is 13.2. The Labute approximate surface area is 168 Å². The van der Waals surface area contributed by atoms with Crippen LogP contribution in [0.15, 0.2) is 16.9 Å². The van der Waals surface area contributed by atoms with Gasteiger partial charge in [0.25, 0.3) is 5.56 Å². The molecule has 2 bridgehead atoms. The molecule has 0 spiro atoms. The van der Waals surface area contributed by atoms with E-state index in [2.05, 4.69) is 21.6 Å². The Hall–Kier alpha value is -1.58. The first kappa shape index (κ1) is 18.4. The highest BCUT2D eigenvalue weighted by Gasteiger charge is 2.38. The number of hydrogen-bond donors (Lipinski definition) is 0. The molecule has 0 aromatic carbocycles. The average molecular weight is 383 g/mol. The van der Waals surface area contributed by atoms with Crippen LogP contribution >= 0.6 is 0 Å². The topological polar surface area (TPSA) is 42.3 Å².